The summed E-state index contributed by atoms with van der Waals surface area (Å²) >= 11 is 0. The van der Waals surface area contributed by atoms with Gasteiger partial charge in [0.25, 0.3) is 0 Å². The van der Waals surface area contributed by atoms with Gasteiger partial charge in [0.05, 0.1) is 0 Å². The highest BCUT2D eigenvalue weighted by atomic mass is 16.4. The molecule has 1 heterocycles. The largest absolute Gasteiger partial charge is 0.478 e. The molecule has 1 rings (SSSR count). The lowest BCUT2D eigenvalue weighted by atomic mass is 10.2. The zero-order valence-corrected chi connectivity index (χ0v) is 8.06. The fourth-order valence-corrected chi connectivity index (χ4v) is 1.58. The van der Waals surface area contributed by atoms with Crippen LogP contribution in [-0.4, -0.2) is 41.5 Å². The first kappa shape index (κ1) is 10.6. The Bertz CT molecular complexity index is 263. The number of hydrogen-bond acceptors (Lipinski definition) is 3. The molecule has 5 heteroatoms. The van der Waals surface area contributed by atoms with E-state index in [9.17, 15) is 9.59 Å². The van der Waals surface area contributed by atoms with Crippen molar-refractivity contribution in [3.05, 3.63) is 12.3 Å². The summed E-state index contributed by atoms with van der Waals surface area (Å²) in [5.74, 6) is -1.05. The Kier molecular flexibility index (Phi) is 3.50. The fourth-order valence-electron chi connectivity index (χ4n) is 1.58. The van der Waals surface area contributed by atoms with E-state index in [-0.39, 0.29) is 11.9 Å². The normalized spacial score (nSPS) is 21.5. The lowest BCUT2D eigenvalue weighted by Gasteiger charge is -2.20. The van der Waals surface area contributed by atoms with Crippen LogP contribution in [0.25, 0.3) is 0 Å². The molecule has 0 aromatic rings. The molecule has 78 valence electrons. The summed E-state index contributed by atoms with van der Waals surface area (Å²) in [7, 11) is 1.58. The van der Waals surface area contributed by atoms with Gasteiger partial charge in [0.2, 0.25) is 5.91 Å². The molecule has 0 aliphatic carbocycles. The molecule has 0 bridgehead atoms. The molecule has 0 aromatic carbocycles. The highest BCUT2D eigenvalue weighted by Gasteiger charge is 2.27. The van der Waals surface area contributed by atoms with Crippen LogP contribution in [0.15, 0.2) is 12.3 Å². The Hall–Kier alpha value is -1.52. The van der Waals surface area contributed by atoms with Crippen LogP contribution < -0.4 is 5.32 Å². The van der Waals surface area contributed by atoms with Crippen LogP contribution in [0.3, 0.4) is 0 Å². The molecule has 1 amide bonds. The Morgan fingerprint density at radius 2 is 2.29 bits per heavy atom. The van der Waals surface area contributed by atoms with Gasteiger partial charge in [-0.1, -0.05) is 0 Å². The van der Waals surface area contributed by atoms with E-state index < -0.39 is 5.97 Å². The average Bonchev–Trinajstić information content (AvgIpc) is 2.61. The third kappa shape index (κ3) is 2.48. The van der Waals surface area contributed by atoms with Crippen molar-refractivity contribution in [2.75, 3.05) is 13.6 Å². The molecule has 1 saturated heterocycles. The summed E-state index contributed by atoms with van der Waals surface area (Å²) < 4.78 is 0. The van der Waals surface area contributed by atoms with Crippen LogP contribution in [0, 0.1) is 0 Å². The minimum atomic E-state index is -0.993. The Balaban J connectivity index is 2.59. The smallest absolute Gasteiger partial charge is 0.329 e. The maximum absolute atomic E-state index is 11.3. The van der Waals surface area contributed by atoms with Gasteiger partial charge in [0, 0.05) is 25.9 Å². The number of carbonyl (C=O) groups is 2. The lowest BCUT2D eigenvalue weighted by molar-refractivity contribution is -0.131. The molecule has 2 N–H and O–H groups in total. The number of amides is 1. The highest BCUT2D eigenvalue weighted by Crippen LogP contribution is 2.17. The number of aliphatic carboxylic acids is 1. The first-order valence-electron chi connectivity index (χ1n) is 4.53. The number of carbonyl (C=O) groups excluding carboxylic acids is 1. The third-order valence-corrected chi connectivity index (χ3v) is 2.25. The van der Waals surface area contributed by atoms with Crippen LogP contribution in [0.5, 0.6) is 0 Å². The van der Waals surface area contributed by atoms with E-state index in [4.69, 9.17) is 5.11 Å². The van der Waals surface area contributed by atoms with Crippen LogP contribution >= 0.6 is 0 Å². The van der Waals surface area contributed by atoms with Crippen molar-refractivity contribution in [3.63, 3.8) is 0 Å². The maximum Gasteiger partial charge on any atom is 0.329 e. The van der Waals surface area contributed by atoms with Crippen LogP contribution in [-0.2, 0) is 9.59 Å². The predicted octanol–water partition coefficient (Wildman–Crippen LogP) is -0.205. The van der Waals surface area contributed by atoms with Crippen molar-refractivity contribution in [1.82, 2.24) is 10.2 Å². The zero-order valence-electron chi connectivity index (χ0n) is 8.06. The van der Waals surface area contributed by atoms with E-state index in [0.29, 0.717) is 0 Å². The van der Waals surface area contributed by atoms with Crippen LogP contribution in [0.2, 0.25) is 0 Å². The van der Waals surface area contributed by atoms with Gasteiger partial charge >= 0.3 is 5.97 Å². The number of rotatable bonds is 3. The van der Waals surface area contributed by atoms with Gasteiger partial charge in [-0.15, -0.1) is 0 Å². The molecule has 0 radical (unpaired) electrons. The first-order chi connectivity index (χ1) is 6.65. The quantitative estimate of drug-likeness (QED) is 0.616. The number of hydrogen-bond donors (Lipinski definition) is 2. The van der Waals surface area contributed by atoms with Gasteiger partial charge < -0.3 is 15.3 Å². The molecule has 1 unspecified atom stereocenters. The van der Waals surface area contributed by atoms with Gasteiger partial charge in [0.15, 0.2) is 0 Å². The van der Waals surface area contributed by atoms with Gasteiger partial charge in [-0.05, 0) is 12.8 Å². The minimum absolute atomic E-state index is 0.0578. The highest BCUT2D eigenvalue weighted by molar-refractivity contribution is 5.82. The molecule has 0 aromatic heterocycles. The van der Waals surface area contributed by atoms with E-state index in [1.807, 2.05) is 0 Å². The summed E-state index contributed by atoms with van der Waals surface area (Å²) in [6, 6.07) is -0.212. The number of carboxylic acid groups (broad SMARTS) is 1. The molecular weight excluding hydrogens is 184 g/mol. The molecule has 0 saturated carbocycles. The molecule has 1 fully saturated rings. The van der Waals surface area contributed by atoms with Crippen molar-refractivity contribution >= 4 is 11.9 Å². The standard InChI is InChI=1S/C9H14N2O3/c1-10-9(14)7-3-2-5-11(7)6-4-8(12)13/h4,6-7H,2-3,5H2,1H3,(H,10,14)(H,12,13). The topological polar surface area (TPSA) is 69.6 Å². The molecule has 1 aliphatic rings. The first-order valence-corrected chi connectivity index (χ1v) is 4.53. The van der Waals surface area contributed by atoms with Gasteiger partial charge in [0.1, 0.15) is 6.04 Å². The third-order valence-electron chi connectivity index (χ3n) is 2.25. The second kappa shape index (κ2) is 4.64. The predicted molar refractivity (Wildman–Crippen MR) is 50.6 cm³/mol. The van der Waals surface area contributed by atoms with Crippen molar-refractivity contribution in [2.24, 2.45) is 0 Å². The fraction of sp³-hybridized carbons (Fsp3) is 0.556. The summed E-state index contributed by atoms with van der Waals surface area (Å²) in [6.45, 7) is 0.738. The van der Waals surface area contributed by atoms with Crippen molar-refractivity contribution in [2.45, 2.75) is 18.9 Å². The molecule has 1 aliphatic heterocycles. The number of nitrogens with one attached hydrogen (secondary N) is 1. The number of carboxylic acids is 1. The van der Waals surface area contributed by atoms with Crippen molar-refractivity contribution in [3.8, 4) is 0 Å². The Labute approximate surface area is 82.4 Å². The van der Waals surface area contributed by atoms with Crippen molar-refractivity contribution < 1.29 is 14.7 Å². The maximum atomic E-state index is 11.3. The Morgan fingerprint density at radius 1 is 1.57 bits per heavy atom. The zero-order chi connectivity index (χ0) is 10.6. The second-order valence-electron chi connectivity index (χ2n) is 3.16. The van der Waals surface area contributed by atoms with E-state index in [1.54, 1.807) is 11.9 Å². The summed E-state index contributed by atoms with van der Waals surface area (Å²) in [6.07, 6.45) is 4.22. The second-order valence-corrected chi connectivity index (χ2v) is 3.16. The summed E-state index contributed by atoms with van der Waals surface area (Å²) in [5.41, 5.74) is 0. The molecule has 0 spiro atoms. The van der Waals surface area contributed by atoms with Crippen LogP contribution in [0.1, 0.15) is 12.8 Å². The number of likely N-dealkylation sites (tertiary alicyclic amines) is 1. The van der Waals surface area contributed by atoms with E-state index in [2.05, 4.69) is 5.32 Å². The molecule has 1 atom stereocenters. The van der Waals surface area contributed by atoms with Crippen LogP contribution in [0.4, 0.5) is 0 Å². The monoisotopic (exact) mass is 198 g/mol. The Morgan fingerprint density at radius 3 is 2.86 bits per heavy atom. The molecule has 14 heavy (non-hydrogen) atoms. The van der Waals surface area contributed by atoms with Gasteiger partial charge in [-0.25, -0.2) is 4.79 Å². The van der Waals surface area contributed by atoms with E-state index in [1.165, 1.54) is 6.20 Å². The molecule has 5 nitrogen and oxygen atoms in total. The van der Waals surface area contributed by atoms with Gasteiger partial charge in [-0.3, -0.25) is 4.79 Å². The lowest BCUT2D eigenvalue weighted by Crippen LogP contribution is -2.39. The minimum Gasteiger partial charge on any atom is -0.478 e. The van der Waals surface area contributed by atoms with Crippen molar-refractivity contribution in [1.29, 1.82) is 0 Å². The molecular formula is C9H14N2O3. The number of nitrogens with zero attached hydrogens (tertiary/aromatic N) is 1. The average molecular weight is 198 g/mol. The summed E-state index contributed by atoms with van der Waals surface area (Å²) in [5, 5.41) is 11.0. The SMILES string of the molecule is CNC(=O)C1CCCN1C=CC(=O)O. The van der Waals surface area contributed by atoms with E-state index >= 15 is 0 Å². The van der Waals surface area contributed by atoms with Gasteiger partial charge in [-0.2, -0.15) is 0 Å². The summed E-state index contributed by atoms with van der Waals surface area (Å²) in [4.78, 5) is 23.4. The van der Waals surface area contributed by atoms with E-state index in [0.717, 1.165) is 25.5 Å². The number of likely N-dealkylation sites (N-methyl/N-ethyl adjacent to an activating group) is 1.